The highest BCUT2D eigenvalue weighted by Gasteiger charge is 2.08. The first-order valence-electron chi connectivity index (χ1n) is 4.61. The maximum Gasteiger partial charge on any atom is 0.143 e. The van der Waals surface area contributed by atoms with Crippen molar-refractivity contribution in [2.75, 3.05) is 6.61 Å². The zero-order valence-corrected chi connectivity index (χ0v) is 8.66. The van der Waals surface area contributed by atoms with Crippen molar-refractivity contribution in [2.45, 2.75) is 13.0 Å². The first-order chi connectivity index (χ1) is 7.13. The number of hydrogen-bond acceptors (Lipinski definition) is 1. The second-order valence-corrected chi connectivity index (χ2v) is 3.37. The molecule has 2 heteroatoms. The maximum absolute atomic E-state index is 12.7. The predicted octanol–water partition coefficient (Wildman–Crippen LogP) is 3.09. The minimum Gasteiger partial charge on any atom is -0.357 e. The Labute approximate surface area is 89.6 Å². The Morgan fingerprint density at radius 2 is 2.13 bits per heavy atom. The lowest BCUT2D eigenvalue weighted by Gasteiger charge is -2.12. The summed E-state index contributed by atoms with van der Waals surface area (Å²) in [6, 6.07) is 5.98. The number of terminal acetylenes is 1. The highest BCUT2D eigenvalue weighted by atomic mass is 19.1. The lowest BCUT2D eigenvalue weighted by Crippen LogP contribution is -2.03. The van der Waals surface area contributed by atoms with E-state index >= 15 is 0 Å². The van der Waals surface area contributed by atoms with Gasteiger partial charge < -0.3 is 4.74 Å². The number of hydrogen-bond donors (Lipinski definition) is 0. The molecule has 0 radical (unpaired) electrons. The van der Waals surface area contributed by atoms with Crippen LogP contribution in [0.3, 0.4) is 0 Å². The molecule has 0 aromatic heterocycles. The fourth-order valence-electron chi connectivity index (χ4n) is 1.10. The molecule has 78 valence electrons. The Hall–Kier alpha value is -1.59. The van der Waals surface area contributed by atoms with Crippen LogP contribution in [0.5, 0.6) is 0 Å². The number of benzene rings is 1. The van der Waals surface area contributed by atoms with Crippen LogP contribution in [0.4, 0.5) is 4.39 Å². The molecule has 1 aromatic carbocycles. The zero-order chi connectivity index (χ0) is 11.3. The summed E-state index contributed by atoms with van der Waals surface area (Å²) in [6.45, 7) is 5.98. The van der Waals surface area contributed by atoms with Gasteiger partial charge in [-0.05, 0) is 24.6 Å². The standard InChI is InChI=1S/C13H13FO/c1-4-13(15-9-10(2)3)11-5-7-12(14)8-6-11/h1,5-8,13H,2,9H2,3H3. The first-order valence-corrected chi connectivity index (χ1v) is 4.61. The van der Waals surface area contributed by atoms with Crippen molar-refractivity contribution in [3.63, 3.8) is 0 Å². The first kappa shape index (κ1) is 11.5. The molecule has 0 heterocycles. The largest absolute Gasteiger partial charge is 0.357 e. The van der Waals surface area contributed by atoms with Crippen molar-refractivity contribution in [1.29, 1.82) is 0 Å². The smallest absolute Gasteiger partial charge is 0.143 e. The summed E-state index contributed by atoms with van der Waals surface area (Å²) in [7, 11) is 0. The topological polar surface area (TPSA) is 9.23 Å². The average Bonchev–Trinajstić information content (AvgIpc) is 2.21. The lowest BCUT2D eigenvalue weighted by molar-refractivity contribution is 0.112. The molecule has 1 unspecified atom stereocenters. The Balaban J connectivity index is 2.71. The van der Waals surface area contributed by atoms with Crippen molar-refractivity contribution in [3.05, 3.63) is 47.8 Å². The number of rotatable bonds is 4. The zero-order valence-electron chi connectivity index (χ0n) is 8.66. The van der Waals surface area contributed by atoms with Gasteiger partial charge in [0, 0.05) is 0 Å². The van der Waals surface area contributed by atoms with Crippen LogP contribution < -0.4 is 0 Å². The Bertz CT molecular complexity index is 373. The molecule has 1 atom stereocenters. The molecular formula is C13H13FO. The minimum absolute atomic E-state index is 0.283. The predicted molar refractivity (Wildman–Crippen MR) is 58.7 cm³/mol. The molecule has 0 saturated heterocycles. The minimum atomic E-state index is -0.442. The van der Waals surface area contributed by atoms with Crippen LogP contribution in [0.1, 0.15) is 18.6 Å². The summed E-state index contributed by atoms with van der Waals surface area (Å²) in [5.41, 5.74) is 1.68. The van der Waals surface area contributed by atoms with Crippen LogP contribution in [-0.2, 0) is 4.74 Å². The molecule has 0 aliphatic carbocycles. The molecule has 15 heavy (non-hydrogen) atoms. The van der Waals surface area contributed by atoms with Crippen LogP contribution >= 0.6 is 0 Å². The molecular weight excluding hydrogens is 191 g/mol. The molecule has 0 spiro atoms. The van der Waals surface area contributed by atoms with Gasteiger partial charge in [-0.3, -0.25) is 0 Å². The van der Waals surface area contributed by atoms with Crippen molar-refractivity contribution in [3.8, 4) is 12.3 Å². The third kappa shape index (κ3) is 3.57. The number of halogens is 1. The van der Waals surface area contributed by atoms with Crippen molar-refractivity contribution in [1.82, 2.24) is 0 Å². The third-order valence-corrected chi connectivity index (χ3v) is 1.82. The summed E-state index contributed by atoms with van der Waals surface area (Å²) in [5.74, 6) is 2.22. The van der Waals surface area contributed by atoms with Gasteiger partial charge in [0.05, 0.1) is 6.61 Å². The molecule has 0 bridgehead atoms. The molecule has 1 aromatic rings. The molecule has 0 fully saturated rings. The van der Waals surface area contributed by atoms with Gasteiger partial charge in [0.25, 0.3) is 0 Å². The summed E-state index contributed by atoms with van der Waals surface area (Å²) in [4.78, 5) is 0. The molecule has 1 rings (SSSR count). The Morgan fingerprint density at radius 3 is 2.60 bits per heavy atom. The second-order valence-electron chi connectivity index (χ2n) is 3.37. The van der Waals surface area contributed by atoms with Gasteiger partial charge in [0.1, 0.15) is 11.9 Å². The Kier molecular flexibility index (Phi) is 4.08. The van der Waals surface area contributed by atoms with Crippen LogP contribution in [-0.4, -0.2) is 6.61 Å². The van der Waals surface area contributed by atoms with Gasteiger partial charge in [0.2, 0.25) is 0 Å². The summed E-state index contributed by atoms with van der Waals surface area (Å²) >= 11 is 0. The Morgan fingerprint density at radius 1 is 1.53 bits per heavy atom. The van der Waals surface area contributed by atoms with Crippen LogP contribution in [0.2, 0.25) is 0 Å². The van der Waals surface area contributed by atoms with E-state index in [0.29, 0.717) is 6.61 Å². The van der Waals surface area contributed by atoms with Crippen LogP contribution in [0.15, 0.2) is 36.4 Å². The maximum atomic E-state index is 12.7. The average molecular weight is 204 g/mol. The summed E-state index contributed by atoms with van der Waals surface area (Å²) < 4.78 is 18.1. The van der Waals surface area contributed by atoms with E-state index < -0.39 is 6.10 Å². The van der Waals surface area contributed by atoms with Crippen molar-refractivity contribution < 1.29 is 9.13 Å². The molecule has 1 nitrogen and oxygen atoms in total. The highest BCUT2D eigenvalue weighted by Crippen LogP contribution is 2.17. The SMILES string of the molecule is C#CC(OCC(=C)C)c1ccc(F)cc1. The van der Waals surface area contributed by atoms with E-state index in [1.54, 1.807) is 12.1 Å². The summed E-state index contributed by atoms with van der Waals surface area (Å²) in [6.07, 6.45) is 4.89. The van der Waals surface area contributed by atoms with E-state index in [-0.39, 0.29) is 5.82 Å². The molecule has 0 amide bonds. The fourth-order valence-corrected chi connectivity index (χ4v) is 1.10. The summed E-state index contributed by atoms with van der Waals surface area (Å²) in [5, 5.41) is 0. The van der Waals surface area contributed by atoms with E-state index in [4.69, 9.17) is 11.2 Å². The van der Waals surface area contributed by atoms with E-state index in [9.17, 15) is 4.39 Å². The van der Waals surface area contributed by atoms with Gasteiger partial charge in [-0.1, -0.05) is 30.2 Å². The molecule has 0 N–H and O–H groups in total. The van der Waals surface area contributed by atoms with Crippen molar-refractivity contribution >= 4 is 0 Å². The van der Waals surface area contributed by atoms with Gasteiger partial charge in [-0.15, -0.1) is 6.42 Å². The second kappa shape index (κ2) is 5.33. The van der Waals surface area contributed by atoms with Gasteiger partial charge in [0.15, 0.2) is 0 Å². The van der Waals surface area contributed by atoms with Crippen molar-refractivity contribution in [2.24, 2.45) is 0 Å². The molecule has 0 aliphatic heterocycles. The van der Waals surface area contributed by atoms with Gasteiger partial charge >= 0.3 is 0 Å². The van der Waals surface area contributed by atoms with E-state index in [1.165, 1.54) is 12.1 Å². The van der Waals surface area contributed by atoms with Crippen LogP contribution in [0.25, 0.3) is 0 Å². The fraction of sp³-hybridized carbons (Fsp3) is 0.231. The number of ether oxygens (including phenoxy) is 1. The van der Waals surface area contributed by atoms with Crippen LogP contribution in [0, 0.1) is 18.2 Å². The highest BCUT2D eigenvalue weighted by molar-refractivity contribution is 5.24. The normalized spacial score (nSPS) is 11.8. The van der Waals surface area contributed by atoms with Gasteiger partial charge in [-0.2, -0.15) is 0 Å². The quantitative estimate of drug-likeness (QED) is 0.541. The lowest BCUT2D eigenvalue weighted by atomic mass is 10.1. The molecule has 0 aliphatic rings. The third-order valence-electron chi connectivity index (χ3n) is 1.82. The van der Waals surface area contributed by atoms with Gasteiger partial charge in [-0.25, -0.2) is 4.39 Å². The van der Waals surface area contributed by atoms with E-state index in [2.05, 4.69) is 12.5 Å². The molecule has 0 saturated carbocycles. The van der Waals surface area contributed by atoms with E-state index in [1.807, 2.05) is 6.92 Å². The monoisotopic (exact) mass is 204 g/mol. The van der Waals surface area contributed by atoms with E-state index in [0.717, 1.165) is 11.1 Å².